The SMILES string of the molecule is Cc1c(Br)ccc(O)c1C12CC3CC(CC(C3)C1)C2. The van der Waals surface area contributed by atoms with Crippen molar-refractivity contribution in [3.8, 4) is 5.75 Å². The molecule has 0 amide bonds. The zero-order valence-corrected chi connectivity index (χ0v) is 13.0. The second-order valence-electron chi connectivity index (χ2n) is 7.26. The molecule has 0 aliphatic heterocycles. The fourth-order valence-electron chi connectivity index (χ4n) is 5.76. The molecule has 4 fully saturated rings. The topological polar surface area (TPSA) is 20.2 Å². The third kappa shape index (κ3) is 1.72. The standard InChI is InChI=1S/C17H21BrO/c1-10-14(18)2-3-15(19)16(10)17-7-11-4-12(8-17)6-13(5-11)9-17/h2-3,11-13,19H,4-9H2,1H3. The van der Waals surface area contributed by atoms with E-state index in [0.717, 1.165) is 22.2 Å². The largest absolute Gasteiger partial charge is 0.508 e. The van der Waals surface area contributed by atoms with Crippen molar-refractivity contribution in [3.05, 3.63) is 27.7 Å². The summed E-state index contributed by atoms with van der Waals surface area (Å²) in [6, 6.07) is 3.86. The van der Waals surface area contributed by atoms with Crippen LogP contribution in [-0.2, 0) is 5.41 Å². The molecule has 4 saturated carbocycles. The Balaban J connectivity index is 1.86. The highest BCUT2D eigenvalue weighted by molar-refractivity contribution is 9.10. The van der Waals surface area contributed by atoms with Gasteiger partial charge in [0, 0.05) is 15.5 Å². The molecule has 1 aromatic carbocycles. The summed E-state index contributed by atoms with van der Waals surface area (Å²) < 4.78 is 1.15. The van der Waals surface area contributed by atoms with E-state index >= 15 is 0 Å². The van der Waals surface area contributed by atoms with Gasteiger partial charge < -0.3 is 5.11 Å². The van der Waals surface area contributed by atoms with Gasteiger partial charge in [0.15, 0.2) is 0 Å². The van der Waals surface area contributed by atoms with Crippen molar-refractivity contribution in [3.63, 3.8) is 0 Å². The maximum absolute atomic E-state index is 10.5. The van der Waals surface area contributed by atoms with Crippen molar-refractivity contribution in [1.29, 1.82) is 0 Å². The van der Waals surface area contributed by atoms with Crippen LogP contribution in [0, 0.1) is 24.7 Å². The lowest BCUT2D eigenvalue weighted by atomic mass is 9.47. The Kier molecular flexibility index (Phi) is 2.58. The van der Waals surface area contributed by atoms with Gasteiger partial charge in [-0.05, 0) is 80.9 Å². The summed E-state index contributed by atoms with van der Waals surface area (Å²) >= 11 is 3.65. The summed E-state index contributed by atoms with van der Waals surface area (Å²) in [6.45, 7) is 2.16. The molecule has 0 heterocycles. The number of halogens is 1. The zero-order valence-electron chi connectivity index (χ0n) is 11.5. The summed E-state index contributed by atoms with van der Waals surface area (Å²) in [6.07, 6.45) is 8.28. The molecule has 4 bridgehead atoms. The first kappa shape index (κ1) is 12.3. The van der Waals surface area contributed by atoms with Crippen LogP contribution < -0.4 is 0 Å². The normalized spacial score (nSPS) is 39.8. The molecule has 0 radical (unpaired) electrons. The number of phenolic OH excluding ortho intramolecular Hbond substituents is 1. The Labute approximate surface area is 123 Å². The molecule has 0 unspecified atom stereocenters. The van der Waals surface area contributed by atoms with Crippen LogP contribution in [0.1, 0.15) is 49.7 Å². The molecule has 2 heteroatoms. The van der Waals surface area contributed by atoms with Crippen molar-refractivity contribution < 1.29 is 5.11 Å². The first-order valence-corrected chi connectivity index (χ1v) is 8.35. The van der Waals surface area contributed by atoms with Crippen molar-refractivity contribution in [2.75, 3.05) is 0 Å². The van der Waals surface area contributed by atoms with Crippen LogP contribution >= 0.6 is 15.9 Å². The number of phenols is 1. The van der Waals surface area contributed by atoms with Crippen LogP contribution in [0.4, 0.5) is 0 Å². The van der Waals surface area contributed by atoms with Gasteiger partial charge in [0.05, 0.1) is 0 Å². The van der Waals surface area contributed by atoms with E-state index < -0.39 is 0 Å². The maximum Gasteiger partial charge on any atom is 0.119 e. The van der Waals surface area contributed by atoms with Crippen molar-refractivity contribution in [2.45, 2.75) is 50.9 Å². The van der Waals surface area contributed by atoms with E-state index in [4.69, 9.17) is 0 Å². The van der Waals surface area contributed by atoms with Crippen LogP contribution in [0.5, 0.6) is 5.75 Å². The predicted molar refractivity (Wildman–Crippen MR) is 80.4 cm³/mol. The summed E-state index contributed by atoms with van der Waals surface area (Å²) in [5.41, 5.74) is 2.81. The minimum Gasteiger partial charge on any atom is -0.508 e. The van der Waals surface area contributed by atoms with E-state index in [1.54, 1.807) is 0 Å². The Bertz CT molecular complexity index is 499. The minimum atomic E-state index is 0.284. The molecule has 0 saturated heterocycles. The molecule has 0 atom stereocenters. The Morgan fingerprint density at radius 1 is 1.05 bits per heavy atom. The lowest BCUT2D eigenvalue weighted by molar-refractivity contribution is -0.00644. The van der Waals surface area contributed by atoms with Gasteiger partial charge in [0.2, 0.25) is 0 Å². The van der Waals surface area contributed by atoms with Crippen LogP contribution in [0.15, 0.2) is 16.6 Å². The van der Waals surface area contributed by atoms with Gasteiger partial charge in [-0.3, -0.25) is 0 Å². The van der Waals surface area contributed by atoms with E-state index in [1.165, 1.54) is 49.7 Å². The highest BCUT2D eigenvalue weighted by Crippen LogP contribution is 2.62. The van der Waals surface area contributed by atoms with E-state index in [9.17, 15) is 5.11 Å². The third-order valence-electron chi connectivity index (χ3n) is 5.95. The number of hydrogen-bond acceptors (Lipinski definition) is 1. The highest BCUT2D eigenvalue weighted by Gasteiger charge is 2.52. The molecule has 1 N–H and O–H groups in total. The van der Waals surface area contributed by atoms with Gasteiger partial charge in [-0.2, -0.15) is 0 Å². The van der Waals surface area contributed by atoms with Gasteiger partial charge in [0.25, 0.3) is 0 Å². The molecular weight excluding hydrogens is 300 g/mol. The summed E-state index contributed by atoms with van der Waals surface area (Å²) in [5, 5.41) is 10.5. The van der Waals surface area contributed by atoms with E-state index in [-0.39, 0.29) is 5.41 Å². The summed E-state index contributed by atoms with van der Waals surface area (Å²) in [7, 11) is 0. The van der Waals surface area contributed by atoms with E-state index in [2.05, 4.69) is 22.9 Å². The van der Waals surface area contributed by atoms with Crippen molar-refractivity contribution in [2.24, 2.45) is 17.8 Å². The summed E-state index contributed by atoms with van der Waals surface area (Å²) in [5.74, 6) is 3.29. The van der Waals surface area contributed by atoms with Crippen LogP contribution in [-0.4, -0.2) is 5.11 Å². The quantitative estimate of drug-likeness (QED) is 0.777. The summed E-state index contributed by atoms with van der Waals surface area (Å²) in [4.78, 5) is 0. The average Bonchev–Trinajstić information content (AvgIpc) is 2.32. The molecule has 5 rings (SSSR count). The maximum atomic E-state index is 10.5. The fourth-order valence-corrected chi connectivity index (χ4v) is 6.09. The fraction of sp³-hybridized carbons (Fsp3) is 0.647. The second-order valence-corrected chi connectivity index (χ2v) is 8.12. The number of rotatable bonds is 1. The van der Waals surface area contributed by atoms with Gasteiger partial charge in [-0.1, -0.05) is 15.9 Å². The zero-order chi connectivity index (χ0) is 13.2. The Hall–Kier alpha value is -0.500. The lowest BCUT2D eigenvalue weighted by Gasteiger charge is -2.57. The molecule has 19 heavy (non-hydrogen) atoms. The van der Waals surface area contributed by atoms with Crippen molar-refractivity contribution in [1.82, 2.24) is 0 Å². The molecule has 4 aliphatic rings. The van der Waals surface area contributed by atoms with Crippen LogP contribution in [0.2, 0.25) is 0 Å². The van der Waals surface area contributed by atoms with E-state index in [0.29, 0.717) is 5.75 Å². The van der Waals surface area contributed by atoms with Gasteiger partial charge in [0.1, 0.15) is 5.75 Å². The molecule has 1 aromatic rings. The smallest absolute Gasteiger partial charge is 0.119 e. The average molecular weight is 321 g/mol. The van der Waals surface area contributed by atoms with Gasteiger partial charge in [-0.15, -0.1) is 0 Å². The molecular formula is C17H21BrO. The minimum absolute atomic E-state index is 0.284. The predicted octanol–water partition coefficient (Wildman–Crippen LogP) is 4.93. The first-order valence-electron chi connectivity index (χ1n) is 7.56. The van der Waals surface area contributed by atoms with Gasteiger partial charge in [-0.25, -0.2) is 0 Å². The molecule has 102 valence electrons. The van der Waals surface area contributed by atoms with Gasteiger partial charge >= 0.3 is 0 Å². The lowest BCUT2D eigenvalue weighted by Crippen LogP contribution is -2.48. The van der Waals surface area contributed by atoms with Crippen molar-refractivity contribution >= 4 is 15.9 Å². The highest BCUT2D eigenvalue weighted by atomic mass is 79.9. The van der Waals surface area contributed by atoms with Crippen LogP contribution in [0.3, 0.4) is 0 Å². The third-order valence-corrected chi connectivity index (χ3v) is 6.80. The van der Waals surface area contributed by atoms with Crippen LogP contribution in [0.25, 0.3) is 0 Å². The van der Waals surface area contributed by atoms with E-state index in [1.807, 2.05) is 12.1 Å². The first-order chi connectivity index (χ1) is 9.07. The second kappa shape index (κ2) is 4.00. The number of aromatic hydroxyl groups is 1. The number of hydrogen-bond donors (Lipinski definition) is 1. The Morgan fingerprint density at radius 3 is 2.11 bits per heavy atom. The molecule has 0 aromatic heterocycles. The molecule has 0 spiro atoms. The monoisotopic (exact) mass is 320 g/mol. The Morgan fingerprint density at radius 2 is 1.58 bits per heavy atom. The molecule has 4 aliphatic carbocycles. The molecule has 1 nitrogen and oxygen atoms in total. The number of benzene rings is 1.